The number of benzene rings is 1. The van der Waals surface area contributed by atoms with Gasteiger partial charge >= 0.3 is 0 Å². The molecule has 1 amide bonds. The van der Waals surface area contributed by atoms with Crippen LogP contribution in [0.2, 0.25) is 0 Å². The van der Waals surface area contributed by atoms with Crippen molar-refractivity contribution < 1.29 is 9.90 Å². The van der Waals surface area contributed by atoms with Crippen molar-refractivity contribution in [2.75, 3.05) is 0 Å². The highest BCUT2D eigenvalue weighted by Gasteiger charge is 2.23. The summed E-state index contributed by atoms with van der Waals surface area (Å²) in [5, 5.41) is 11.0. The molecule has 1 aliphatic heterocycles. The summed E-state index contributed by atoms with van der Waals surface area (Å²) in [6.07, 6.45) is 0. The van der Waals surface area contributed by atoms with E-state index in [1.54, 1.807) is 18.2 Å². The van der Waals surface area contributed by atoms with Crippen molar-refractivity contribution in [3.05, 3.63) is 43.7 Å². The van der Waals surface area contributed by atoms with Crippen LogP contribution in [0.15, 0.2) is 27.7 Å². The molecule has 1 aromatic heterocycles. The lowest BCUT2D eigenvalue weighted by atomic mass is 10.1. The van der Waals surface area contributed by atoms with Gasteiger partial charge in [-0.3, -0.25) is 4.79 Å². The number of amides is 1. The molecule has 5 nitrogen and oxygen atoms in total. The zero-order chi connectivity index (χ0) is 12.9. The van der Waals surface area contributed by atoms with Crippen LogP contribution in [0.3, 0.4) is 0 Å². The molecule has 0 saturated carbocycles. The van der Waals surface area contributed by atoms with Gasteiger partial charge in [-0.05, 0) is 34.2 Å². The Balaban J connectivity index is 2.46. The molecule has 0 atom stereocenters. The number of H-pyrrole nitrogens is 2. The highest BCUT2D eigenvalue weighted by molar-refractivity contribution is 9.10. The van der Waals surface area contributed by atoms with Gasteiger partial charge < -0.3 is 15.1 Å². The van der Waals surface area contributed by atoms with Crippen molar-refractivity contribution in [1.82, 2.24) is 9.97 Å². The third-order valence-corrected chi connectivity index (χ3v) is 3.48. The maximum atomic E-state index is 11.9. The predicted molar refractivity (Wildman–Crippen MR) is 70.1 cm³/mol. The summed E-state index contributed by atoms with van der Waals surface area (Å²) in [6, 6.07) is 5.38. The van der Waals surface area contributed by atoms with Crippen LogP contribution in [-0.2, 0) is 4.79 Å². The second-order valence-corrected chi connectivity index (χ2v) is 4.99. The summed E-state index contributed by atoms with van der Waals surface area (Å²) in [5.74, 6) is -0.566. The third-order valence-electron chi connectivity index (χ3n) is 2.64. The molecule has 2 aromatic rings. The van der Waals surface area contributed by atoms with Gasteiger partial charge in [0.25, 0.3) is 5.91 Å². The Hall–Kier alpha value is -1.73. The van der Waals surface area contributed by atoms with E-state index < -0.39 is 5.91 Å². The van der Waals surface area contributed by atoms with Crippen molar-refractivity contribution >= 4 is 39.6 Å². The molecule has 1 aromatic carbocycles. The van der Waals surface area contributed by atoms with Gasteiger partial charge in [0.1, 0.15) is 5.69 Å². The Morgan fingerprint density at radius 3 is 2.78 bits per heavy atom. The number of hydrogen-bond donors (Lipinski definition) is 3. The van der Waals surface area contributed by atoms with Crippen molar-refractivity contribution in [2.45, 2.75) is 0 Å². The van der Waals surface area contributed by atoms with Crippen LogP contribution in [-0.4, -0.2) is 21.0 Å². The quantitative estimate of drug-likeness (QED) is 0.682. The van der Waals surface area contributed by atoms with Crippen LogP contribution in [0, 0.1) is 4.77 Å². The normalized spacial score (nSPS) is 13.6. The Morgan fingerprint density at radius 2 is 2.11 bits per heavy atom. The molecule has 2 heterocycles. The first-order chi connectivity index (χ1) is 8.58. The minimum Gasteiger partial charge on any atom is -0.493 e. The van der Waals surface area contributed by atoms with Crippen LogP contribution >= 0.6 is 28.1 Å². The van der Waals surface area contributed by atoms with Gasteiger partial charge in [-0.1, -0.05) is 12.1 Å². The van der Waals surface area contributed by atoms with E-state index in [1.165, 1.54) is 0 Å². The van der Waals surface area contributed by atoms with Crippen molar-refractivity contribution in [3.63, 3.8) is 0 Å². The van der Waals surface area contributed by atoms with Crippen LogP contribution < -0.4 is 10.6 Å². The Bertz CT molecular complexity index is 850. The van der Waals surface area contributed by atoms with Crippen molar-refractivity contribution in [1.29, 1.82) is 0 Å². The molecule has 90 valence electrons. The van der Waals surface area contributed by atoms with Gasteiger partial charge in [0, 0.05) is 9.69 Å². The molecule has 1 aliphatic rings. The minimum atomic E-state index is -0.405. The average molecular weight is 324 g/mol. The SMILES string of the molecule is O=C1N=c2c(Br)cccc2=C1c1[nH]c(=S)[nH]c1O. The van der Waals surface area contributed by atoms with E-state index in [4.69, 9.17) is 12.2 Å². The zero-order valence-corrected chi connectivity index (χ0v) is 11.2. The van der Waals surface area contributed by atoms with Crippen LogP contribution in [0.4, 0.5) is 0 Å². The minimum absolute atomic E-state index is 0.161. The molecule has 3 rings (SSSR count). The fourth-order valence-electron chi connectivity index (χ4n) is 1.90. The van der Waals surface area contributed by atoms with Crippen molar-refractivity contribution in [3.8, 4) is 5.88 Å². The Labute approximate surface area is 114 Å². The molecule has 3 N–H and O–H groups in total. The van der Waals surface area contributed by atoms with E-state index in [0.29, 0.717) is 16.1 Å². The Kier molecular flexibility index (Phi) is 2.46. The number of halogens is 1. The van der Waals surface area contributed by atoms with E-state index in [9.17, 15) is 9.90 Å². The van der Waals surface area contributed by atoms with Crippen LogP contribution in [0.1, 0.15) is 5.69 Å². The molecule has 0 aliphatic carbocycles. The van der Waals surface area contributed by atoms with E-state index >= 15 is 0 Å². The van der Waals surface area contributed by atoms with Gasteiger partial charge in [0.15, 0.2) is 4.77 Å². The highest BCUT2D eigenvalue weighted by atomic mass is 79.9. The molecular formula is C11H6BrN3O2S. The molecular weight excluding hydrogens is 318 g/mol. The first kappa shape index (κ1) is 11.4. The third kappa shape index (κ3) is 1.55. The molecule has 0 fully saturated rings. The first-order valence-corrected chi connectivity index (χ1v) is 6.21. The highest BCUT2D eigenvalue weighted by Crippen LogP contribution is 2.21. The number of aromatic nitrogens is 2. The van der Waals surface area contributed by atoms with Gasteiger partial charge in [-0.25, -0.2) is 4.99 Å². The predicted octanol–water partition coefficient (Wildman–Crippen LogP) is 0.899. The largest absolute Gasteiger partial charge is 0.493 e. The van der Waals surface area contributed by atoms with E-state index in [2.05, 4.69) is 30.9 Å². The number of carbonyl (C=O) groups is 1. The second kappa shape index (κ2) is 3.89. The molecule has 0 saturated heterocycles. The van der Waals surface area contributed by atoms with E-state index in [-0.39, 0.29) is 16.3 Å². The number of fused-ring (bicyclic) bond motifs is 1. The lowest BCUT2D eigenvalue weighted by molar-refractivity contribution is -0.112. The monoisotopic (exact) mass is 323 g/mol. The van der Waals surface area contributed by atoms with Crippen molar-refractivity contribution in [2.24, 2.45) is 4.99 Å². The maximum absolute atomic E-state index is 11.9. The number of rotatable bonds is 1. The molecule has 0 bridgehead atoms. The first-order valence-electron chi connectivity index (χ1n) is 5.01. The number of carbonyl (C=O) groups excluding carboxylic acids is 1. The molecule has 0 radical (unpaired) electrons. The summed E-state index contributed by atoms with van der Waals surface area (Å²) in [4.78, 5) is 21.2. The lowest BCUT2D eigenvalue weighted by Gasteiger charge is -1.96. The number of aromatic hydroxyl groups is 1. The Morgan fingerprint density at radius 1 is 1.33 bits per heavy atom. The summed E-state index contributed by atoms with van der Waals surface area (Å²) in [6.45, 7) is 0. The summed E-state index contributed by atoms with van der Waals surface area (Å²) in [7, 11) is 0. The fourth-order valence-corrected chi connectivity index (χ4v) is 2.55. The van der Waals surface area contributed by atoms with Gasteiger partial charge in [-0.2, -0.15) is 0 Å². The number of nitrogens with one attached hydrogen (secondary N) is 2. The summed E-state index contributed by atoms with van der Waals surface area (Å²) in [5.41, 5.74) is 0.585. The van der Waals surface area contributed by atoms with Gasteiger partial charge in [0.2, 0.25) is 5.88 Å². The lowest BCUT2D eigenvalue weighted by Crippen LogP contribution is -2.24. The van der Waals surface area contributed by atoms with E-state index in [0.717, 1.165) is 4.47 Å². The zero-order valence-electron chi connectivity index (χ0n) is 8.82. The van der Waals surface area contributed by atoms with Gasteiger partial charge in [-0.15, -0.1) is 0 Å². The van der Waals surface area contributed by atoms with E-state index in [1.807, 2.05) is 0 Å². The molecule has 18 heavy (non-hydrogen) atoms. The fraction of sp³-hybridized carbons (Fsp3) is 0. The summed E-state index contributed by atoms with van der Waals surface area (Å²) >= 11 is 8.22. The maximum Gasteiger partial charge on any atom is 0.280 e. The molecule has 7 heteroatoms. The number of hydrogen-bond acceptors (Lipinski definition) is 3. The van der Waals surface area contributed by atoms with Crippen LogP contribution in [0.5, 0.6) is 5.88 Å². The number of imidazole rings is 1. The standard InChI is InChI=1S/C11H6BrN3O2S/c12-5-3-1-2-4-6(9(16)13-7(4)5)8-10(17)15-11(18)14-8/h1-3,17H,(H2,14,15,18). The topological polar surface area (TPSA) is 81.2 Å². The molecule has 0 unspecified atom stereocenters. The number of nitrogens with zero attached hydrogens (tertiary/aromatic N) is 1. The smallest absolute Gasteiger partial charge is 0.280 e. The van der Waals surface area contributed by atoms with Gasteiger partial charge in [0.05, 0.1) is 10.9 Å². The summed E-state index contributed by atoms with van der Waals surface area (Å²) < 4.78 is 0.989. The number of aromatic amines is 2. The van der Waals surface area contributed by atoms with Crippen LogP contribution in [0.25, 0.3) is 5.57 Å². The number of para-hydroxylation sites is 1. The average Bonchev–Trinajstić information content (AvgIpc) is 2.79. The molecule has 0 spiro atoms. The second-order valence-electron chi connectivity index (χ2n) is 3.73.